The molecule has 0 saturated carbocycles. The molecule has 0 unspecified atom stereocenters. The number of carbonyl (C=O) groups excluding carboxylic acids is 5. The van der Waals surface area contributed by atoms with E-state index in [0.717, 1.165) is 5.56 Å². The van der Waals surface area contributed by atoms with E-state index in [2.05, 4.69) is 21.3 Å². The van der Waals surface area contributed by atoms with Crippen LogP contribution in [0.15, 0.2) is 53.1 Å². The van der Waals surface area contributed by atoms with Crippen molar-refractivity contribution in [2.45, 2.75) is 57.8 Å². The molecule has 1 aliphatic rings. The summed E-state index contributed by atoms with van der Waals surface area (Å²) in [5, 5.41) is 10.6. The van der Waals surface area contributed by atoms with Crippen LogP contribution in [0.1, 0.15) is 38.0 Å². The van der Waals surface area contributed by atoms with Crippen molar-refractivity contribution >= 4 is 84.1 Å². The maximum absolute atomic E-state index is 13.2. The van der Waals surface area contributed by atoms with Crippen LogP contribution >= 0.6 is 54.0 Å². The van der Waals surface area contributed by atoms with Gasteiger partial charge in [-0.3, -0.25) is 14.4 Å². The Labute approximate surface area is 273 Å². The zero-order chi connectivity index (χ0) is 27.5. The molecule has 0 spiro atoms. The molecular weight excluding hydrogens is 621 g/mol. The third-order valence-electron chi connectivity index (χ3n) is 6.25. The summed E-state index contributed by atoms with van der Waals surface area (Å²) in [5.74, 6) is -1.62. The number of rotatable bonds is 13. The summed E-state index contributed by atoms with van der Waals surface area (Å²) < 4.78 is 10.6. The monoisotopic (exact) mass is 662 g/mol. The van der Waals surface area contributed by atoms with E-state index < -0.39 is 36.0 Å². The summed E-state index contributed by atoms with van der Waals surface area (Å²) in [7, 11) is 0. The molecular formula is C27H42N4O7S4. The Kier molecular flexibility index (Phi) is 20.7. The Bertz CT molecular complexity index is 1110. The van der Waals surface area contributed by atoms with Gasteiger partial charge in [0.25, 0.3) is 0 Å². The van der Waals surface area contributed by atoms with Gasteiger partial charge in [-0.15, -0.1) is 0 Å². The number of hydrogen-bond donors (Lipinski definition) is 4. The lowest BCUT2D eigenvalue weighted by Gasteiger charge is -2.26. The number of amides is 4. The molecule has 4 amide bonds. The molecule has 236 valence electrons. The van der Waals surface area contributed by atoms with Gasteiger partial charge in [0.05, 0.1) is 12.3 Å². The smallest absolute Gasteiger partial charge is 0.408 e. The van der Waals surface area contributed by atoms with Crippen LogP contribution in [-0.4, -0.2) is 54.8 Å². The predicted molar refractivity (Wildman–Crippen MR) is 178 cm³/mol. The minimum Gasteiger partial charge on any atom is -0.469 e. The molecule has 1 aromatic carbocycles. The van der Waals surface area contributed by atoms with E-state index in [4.69, 9.17) is 9.15 Å². The molecule has 0 aliphatic carbocycles. The molecule has 42 heavy (non-hydrogen) atoms. The molecule has 1 aliphatic heterocycles. The van der Waals surface area contributed by atoms with E-state index in [-0.39, 0.29) is 91.2 Å². The van der Waals surface area contributed by atoms with Gasteiger partial charge in [0, 0.05) is 18.9 Å². The first-order valence-electron chi connectivity index (χ1n) is 12.6. The van der Waals surface area contributed by atoms with Gasteiger partial charge in [-0.25, -0.2) is 4.79 Å². The van der Waals surface area contributed by atoms with E-state index in [9.17, 15) is 24.0 Å². The van der Waals surface area contributed by atoms with Crippen LogP contribution in [-0.2, 0) is 36.9 Å². The third-order valence-corrected chi connectivity index (χ3v) is 6.25. The van der Waals surface area contributed by atoms with Crippen LogP contribution in [0.4, 0.5) is 4.79 Å². The number of alkyl carbamates (subject to hydrolysis) is 1. The molecule has 0 bridgehead atoms. The second-order valence-electron chi connectivity index (χ2n) is 9.54. The van der Waals surface area contributed by atoms with E-state index in [0.29, 0.717) is 25.0 Å². The van der Waals surface area contributed by atoms with Crippen molar-refractivity contribution in [3.8, 4) is 0 Å². The fourth-order valence-corrected chi connectivity index (χ4v) is 4.14. The zero-order valence-electron chi connectivity index (χ0n) is 23.5. The van der Waals surface area contributed by atoms with Crippen molar-refractivity contribution in [1.29, 1.82) is 0 Å². The highest BCUT2D eigenvalue weighted by Gasteiger charge is 2.32. The summed E-state index contributed by atoms with van der Waals surface area (Å²) in [6.45, 7) is 4.06. The van der Waals surface area contributed by atoms with Crippen molar-refractivity contribution in [1.82, 2.24) is 21.3 Å². The van der Waals surface area contributed by atoms with Crippen LogP contribution in [0.5, 0.6) is 0 Å². The summed E-state index contributed by atoms with van der Waals surface area (Å²) in [6.07, 6.45) is 2.00. The van der Waals surface area contributed by atoms with Gasteiger partial charge in [-0.2, -0.15) is 54.0 Å². The van der Waals surface area contributed by atoms with Gasteiger partial charge in [0.1, 0.15) is 30.7 Å². The number of furan rings is 1. The van der Waals surface area contributed by atoms with E-state index in [1.54, 1.807) is 26.0 Å². The second kappa shape index (κ2) is 21.0. The highest BCUT2D eigenvalue weighted by atomic mass is 32.1. The van der Waals surface area contributed by atoms with E-state index in [1.165, 1.54) is 6.26 Å². The molecule has 11 nitrogen and oxygen atoms in total. The number of nitrogens with one attached hydrogen (secondary N) is 4. The molecule has 2 aromatic rings. The molecule has 2 heterocycles. The minimum atomic E-state index is -1.10. The first-order chi connectivity index (χ1) is 18.3. The summed E-state index contributed by atoms with van der Waals surface area (Å²) in [6, 6.07) is 9.43. The fourth-order valence-electron chi connectivity index (χ4n) is 4.14. The Morgan fingerprint density at radius 1 is 1.00 bits per heavy atom. The Morgan fingerprint density at radius 2 is 1.69 bits per heavy atom. The molecule has 3 rings (SSSR count). The fraction of sp³-hybridized carbons (Fsp3) is 0.444. The van der Waals surface area contributed by atoms with Gasteiger partial charge >= 0.3 is 6.09 Å². The molecule has 15 heteroatoms. The molecule has 4 N–H and O–H groups in total. The highest BCUT2D eigenvalue weighted by molar-refractivity contribution is 7.59. The predicted octanol–water partition coefficient (Wildman–Crippen LogP) is 1.92. The van der Waals surface area contributed by atoms with Crippen molar-refractivity contribution < 1.29 is 33.1 Å². The first kappa shape index (κ1) is 41.4. The van der Waals surface area contributed by atoms with Crippen LogP contribution < -0.4 is 21.3 Å². The largest absolute Gasteiger partial charge is 0.469 e. The van der Waals surface area contributed by atoms with Crippen LogP contribution in [0.3, 0.4) is 0 Å². The van der Waals surface area contributed by atoms with Crippen LogP contribution in [0.25, 0.3) is 0 Å². The maximum atomic E-state index is 13.2. The average molecular weight is 663 g/mol. The minimum absolute atomic E-state index is 0. The quantitative estimate of drug-likeness (QED) is 0.239. The molecule has 1 fully saturated rings. The standard InChI is InChI=1S/C27H34N4O7.4H2S/c1-17(2)23(31-27(36)38-16-18-7-4-3-5-8-18)26(35)30-22(14-21-9-6-12-37-21)25(34)29-20(15-32)13-19-10-11-28-24(19)33;;;;/h3-9,12,15,17,19-20,22-23H,10-11,13-14,16H2,1-2H3,(H,28,33)(H,29,34)(H,30,35)(H,31,36);4*1H2/t19-,20-,22-,23-;;;;/m0..../s1. The summed E-state index contributed by atoms with van der Waals surface area (Å²) >= 11 is 0. The van der Waals surface area contributed by atoms with Crippen molar-refractivity contribution in [2.24, 2.45) is 11.8 Å². The normalized spacial score (nSPS) is 15.5. The Morgan fingerprint density at radius 3 is 2.24 bits per heavy atom. The lowest BCUT2D eigenvalue weighted by molar-refractivity contribution is -0.131. The third kappa shape index (κ3) is 13.0. The number of hydrogen-bond acceptors (Lipinski definition) is 7. The number of ether oxygens (including phenoxy) is 1. The maximum Gasteiger partial charge on any atom is 0.408 e. The summed E-state index contributed by atoms with van der Waals surface area (Å²) in [5.41, 5.74) is 0.795. The SMILES string of the molecule is CC(C)[C@H](NC(=O)OCc1ccccc1)C(=O)N[C@@H](Cc1ccco1)C(=O)N[C@H](C=O)C[C@@H]1CCNC1=O.S.S.S.S. The van der Waals surface area contributed by atoms with E-state index in [1.807, 2.05) is 30.3 Å². The van der Waals surface area contributed by atoms with Crippen LogP contribution in [0.2, 0.25) is 0 Å². The van der Waals surface area contributed by atoms with E-state index >= 15 is 0 Å². The van der Waals surface area contributed by atoms with Crippen molar-refractivity contribution in [2.75, 3.05) is 6.54 Å². The van der Waals surface area contributed by atoms with Gasteiger partial charge in [-0.1, -0.05) is 44.2 Å². The number of benzene rings is 1. The lowest BCUT2D eigenvalue weighted by Crippen LogP contribution is -2.57. The Hall–Kier alpha value is -2.75. The zero-order valence-corrected chi connectivity index (χ0v) is 27.5. The topological polar surface area (TPSA) is 156 Å². The molecule has 0 radical (unpaired) electrons. The van der Waals surface area contributed by atoms with Gasteiger partial charge < -0.3 is 35.2 Å². The first-order valence-corrected chi connectivity index (χ1v) is 12.6. The molecule has 1 saturated heterocycles. The highest BCUT2D eigenvalue weighted by Crippen LogP contribution is 2.16. The van der Waals surface area contributed by atoms with Gasteiger partial charge in [-0.05, 0) is 36.5 Å². The Balaban J connectivity index is 0. The van der Waals surface area contributed by atoms with Gasteiger partial charge in [0.2, 0.25) is 17.7 Å². The number of aldehydes is 1. The second-order valence-corrected chi connectivity index (χ2v) is 9.54. The van der Waals surface area contributed by atoms with Crippen LogP contribution in [0, 0.1) is 11.8 Å². The van der Waals surface area contributed by atoms with Crippen molar-refractivity contribution in [3.05, 3.63) is 60.1 Å². The van der Waals surface area contributed by atoms with Gasteiger partial charge in [0.15, 0.2) is 0 Å². The summed E-state index contributed by atoms with van der Waals surface area (Å²) in [4.78, 5) is 62.3. The number of carbonyl (C=O) groups is 5. The lowest BCUT2D eigenvalue weighted by atomic mass is 9.98. The molecule has 1 aromatic heterocycles. The molecule has 4 atom stereocenters. The average Bonchev–Trinajstić information content (AvgIpc) is 3.57. The van der Waals surface area contributed by atoms with Crippen molar-refractivity contribution in [3.63, 3.8) is 0 Å².